The van der Waals surface area contributed by atoms with Gasteiger partial charge in [-0.2, -0.15) is 0 Å². The fraction of sp³-hybridized carbons (Fsp3) is 0.611. The zero-order valence-corrected chi connectivity index (χ0v) is 13.5. The number of hydrogen-bond donors (Lipinski definition) is 2. The van der Waals surface area contributed by atoms with Gasteiger partial charge in [0.1, 0.15) is 5.82 Å². The van der Waals surface area contributed by atoms with E-state index >= 15 is 0 Å². The molecule has 0 spiro atoms. The van der Waals surface area contributed by atoms with Gasteiger partial charge in [0.05, 0.1) is 0 Å². The summed E-state index contributed by atoms with van der Waals surface area (Å²) in [6.45, 7) is 1.47. The van der Waals surface area contributed by atoms with E-state index in [2.05, 4.69) is 10.6 Å². The first-order valence-corrected chi connectivity index (χ1v) is 8.34. The van der Waals surface area contributed by atoms with Gasteiger partial charge in [-0.15, -0.1) is 0 Å². The number of hydrogen-bond acceptors (Lipinski definition) is 2. The topological polar surface area (TPSA) is 41.1 Å². The van der Waals surface area contributed by atoms with Gasteiger partial charge >= 0.3 is 0 Å². The predicted octanol–water partition coefficient (Wildman–Crippen LogP) is 3.14. The molecule has 0 bridgehead atoms. The lowest BCUT2D eigenvalue weighted by molar-refractivity contribution is -0.121. The number of nitrogens with one attached hydrogen (secondary N) is 2. The maximum Gasteiger partial charge on any atom is 0.220 e. The summed E-state index contributed by atoms with van der Waals surface area (Å²) in [4.78, 5) is 12.0. The molecule has 0 radical (unpaired) electrons. The van der Waals surface area contributed by atoms with E-state index < -0.39 is 0 Å². The lowest BCUT2D eigenvalue weighted by Gasteiger charge is -2.38. The molecule has 1 aromatic carbocycles. The second-order valence-corrected chi connectivity index (χ2v) is 6.34. The molecular formula is C18H27FN2O. The number of amides is 1. The van der Waals surface area contributed by atoms with Crippen molar-refractivity contribution in [3.63, 3.8) is 0 Å². The normalized spacial score (nSPS) is 17.2. The molecule has 2 rings (SSSR count). The Bertz CT molecular complexity index is 484. The van der Waals surface area contributed by atoms with Crippen LogP contribution >= 0.6 is 0 Å². The van der Waals surface area contributed by atoms with Gasteiger partial charge in [0.25, 0.3) is 0 Å². The molecule has 22 heavy (non-hydrogen) atoms. The third-order valence-corrected chi connectivity index (χ3v) is 4.70. The van der Waals surface area contributed by atoms with Crippen LogP contribution in [0.2, 0.25) is 0 Å². The van der Waals surface area contributed by atoms with Gasteiger partial charge in [-0.3, -0.25) is 4.79 Å². The molecular weight excluding hydrogens is 279 g/mol. The Hall–Kier alpha value is -1.42. The van der Waals surface area contributed by atoms with Crippen LogP contribution in [0.1, 0.15) is 50.5 Å². The van der Waals surface area contributed by atoms with Crippen LogP contribution in [0.5, 0.6) is 0 Å². The monoisotopic (exact) mass is 306 g/mol. The molecule has 3 nitrogen and oxygen atoms in total. The maximum absolute atomic E-state index is 13.6. The van der Waals surface area contributed by atoms with Crippen molar-refractivity contribution in [3.05, 3.63) is 35.6 Å². The number of carbonyl (C=O) groups is 1. The van der Waals surface area contributed by atoms with Crippen LogP contribution in [0.25, 0.3) is 0 Å². The summed E-state index contributed by atoms with van der Waals surface area (Å²) in [5.74, 6) is -0.0978. The molecule has 2 N–H and O–H groups in total. The van der Waals surface area contributed by atoms with Gasteiger partial charge in [0, 0.05) is 18.4 Å². The molecule has 1 amide bonds. The Morgan fingerprint density at radius 1 is 1.27 bits per heavy atom. The van der Waals surface area contributed by atoms with E-state index in [1.54, 1.807) is 12.1 Å². The van der Waals surface area contributed by atoms with Crippen molar-refractivity contribution in [2.75, 3.05) is 20.1 Å². The van der Waals surface area contributed by atoms with Crippen molar-refractivity contribution >= 4 is 5.91 Å². The van der Waals surface area contributed by atoms with E-state index in [-0.39, 0.29) is 17.1 Å². The summed E-state index contributed by atoms with van der Waals surface area (Å²) in [6.07, 6.45) is 6.95. The summed E-state index contributed by atoms with van der Waals surface area (Å²) in [5, 5.41) is 6.13. The van der Waals surface area contributed by atoms with Gasteiger partial charge in [-0.25, -0.2) is 4.39 Å². The first kappa shape index (κ1) is 16.9. The highest BCUT2D eigenvalue weighted by Crippen LogP contribution is 2.39. The Morgan fingerprint density at radius 3 is 2.73 bits per heavy atom. The molecule has 0 unspecified atom stereocenters. The lowest BCUT2D eigenvalue weighted by Crippen LogP contribution is -2.42. The molecule has 0 saturated heterocycles. The number of benzene rings is 1. The molecule has 1 fully saturated rings. The van der Waals surface area contributed by atoms with Crippen LogP contribution in [0.3, 0.4) is 0 Å². The lowest BCUT2D eigenvalue weighted by atomic mass is 9.69. The standard InChI is InChI=1S/C18H27FN2O/c1-20-12-6-9-17(22)21-14-18(10-3-2-4-11-18)15-7-5-8-16(19)13-15/h5,7-8,13,20H,2-4,6,9-12,14H2,1H3,(H,21,22). The fourth-order valence-corrected chi connectivity index (χ4v) is 3.40. The highest BCUT2D eigenvalue weighted by atomic mass is 19.1. The number of carbonyl (C=O) groups excluding carboxylic acids is 1. The van der Waals surface area contributed by atoms with Crippen LogP contribution in [0.4, 0.5) is 4.39 Å². The highest BCUT2D eigenvalue weighted by molar-refractivity contribution is 5.76. The molecule has 4 heteroatoms. The van der Waals surface area contributed by atoms with E-state index in [1.807, 2.05) is 13.1 Å². The molecule has 1 saturated carbocycles. The summed E-state index contributed by atoms with van der Waals surface area (Å²) >= 11 is 0. The average Bonchev–Trinajstić information content (AvgIpc) is 2.54. The van der Waals surface area contributed by atoms with Crippen LogP contribution < -0.4 is 10.6 Å². The molecule has 0 aromatic heterocycles. The third kappa shape index (κ3) is 4.54. The van der Waals surface area contributed by atoms with E-state index in [0.29, 0.717) is 13.0 Å². The van der Waals surface area contributed by atoms with Crippen LogP contribution in [0.15, 0.2) is 24.3 Å². The fourth-order valence-electron chi connectivity index (χ4n) is 3.40. The van der Waals surface area contributed by atoms with Gasteiger partial charge in [0.2, 0.25) is 5.91 Å². The van der Waals surface area contributed by atoms with E-state index in [9.17, 15) is 9.18 Å². The summed E-state index contributed by atoms with van der Waals surface area (Å²) in [6, 6.07) is 6.89. The Morgan fingerprint density at radius 2 is 2.05 bits per heavy atom. The van der Waals surface area contributed by atoms with Gasteiger partial charge in [0.15, 0.2) is 0 Å². The molecule has 0 atom stereocenters. The predicted molar refractivity (Wildman–Crippen MR) is 87.3 cm³/mol. The largest absolute Gasteiger partial charge is 0.355 e. The van der Waals surface area contributed by atoms with Gasteiger partial charge in [-0.05, 0) is 50.6 Å². The summed E-state index contributed by atoms with van der Waals surface area (Å²) in [5.41, 5.74) is 0.932. The Labute approximate surface area is 132 Å². The second kappa shape index (κ2) is 8.28. The van der Waals surface area contributed by atoms with E-state index in [4.69, 9.17) is 0 Å². The van der Waals surface area contributed by atoms with Gasteiger partial charge < -0.3 is 10.6 Å². The number of halogens is 1. The maximum atomic E-state index is 13.6. The summed E-state index contributed by atoms with van der Waals surface area (Å²) in [7, 11) is 1.89. The van der Waals surface area contributed by atoms with Crippen molar-refractivity contribution in [2.24, 2.45) is 0 Å². The molecule has 0 heterocycles. The van der Waals surface area contributed by atoms with Crippen molar-refractivity contribution in [3.8, 4) is 0 Å². The van der Waals surface area contributed by atoms with Crippen LogP contribution in [-0.4, -0.2) is 26.0 Å². The first-order valence-electron chi connectivity index (χ1n) is 8.34. The summed E-state index contributed by atoms with van der Waals surface area (Å²) < 4.78 is 13.6. The van der Waals surface area contributed by atoms with Gasteiger partial charge in [-0.1, -0.05) is 31.4 Å². The molecule has 1 aliphatic carbocycles. The minimum absolute atomic E-state index is 0.0941. The van der Waals surface area contributed by atoms with Crippen molar-refractivity contribution in [1.82, 2.24) is 10.6 Å². The highest BCUT2D eigenvalue weighted by Gasteiger charge is 2.34. The van der Waals surface area contributed by atoms with Crippen molar-refractivity contribution < 1.29 is 9.18 Å². The molecule has 1 aliphatic rings. The molecule has 1 aromatic rings. The smallest absolute Gasteiger partial charge is 0.220 e. The second-order valence-electron chi connectivity index (χ2n) is 6.34. The Kier molecular flexibility index (Phi) is 6.37. The van der Waals surface area contributed by atoms with E-state index in [1.165, 1.54) is 12.5 Å². The Balaban J connectivity index is 2.02. The zero-order chi connectivity index (χ0) is 15.8. The van der Waals surface area contributed by atoms with Crippen LogP contribution in [0, 0.1) is 5.82 Å². The number of rotatable bonds is 7. The quantitative estimate of drug-likeness (QED) is 0.760. The van der Waals surface area contributed by atoms with Crippen molar-refractivity contribution in [1.29, 1.82) is 0 Å². The minimum atomic E-state index is -0.192. The first-order chi connectivity index (χ1) is 10.7. The van der Waals surface area contributed by atoms with Crippen LogP contribution in [-0.2, 0) is 10.2 Å². The van der Waals surface area contributed by atoms with Crippen molar-refractivity contribution in [2.45, 2.75) is 50.4 Å². The SMILES string of the molecule is CNCCCC(=O)NCC1(c2cccc(F)c2)CCCCC1. The third-order valence-electron chi connectivity index (χ3n) is 4.70. The molecule has 0 aliphatic heterocycles. The molecule has 122 valence electrons. The van der Waals surface area contributed by atoms with E-state index in [0.717, 1.165) is 44.2 Å². The zero-order valence-electron chi connectivity index (χ0n) is 13.5. The minimum Gasteiger partial charge on any atom is -0.355 e. The average molecular weight is 306 g/mol.